The summed E-state index contributed by atoms with van der Waals surface area (Å²) in [5.41, 5.74) is 5.83. The monoisotopic (exact) mass is 257 g/mol. The molecule has 0 saturated heterocycles. The zero-order valence-corrected chi connectivity index (χ0v) is 12.9. The third-order valence-corrected chi connectivity index (χ3v) is 3.06. The van der Waals surface area contributed by atoms with Crippen molar-refractivity contribution in [3.63, 3.8) is 0 Å². The Hall–Kier alpha value is -0.610. The molecule has 0 saturated carbocycles. The Morgan fingerprint density at radius 3 is 2.00 bits per heavy atom. The number of rotatable bonds is 8. The highest BCUT2D eigenvalue weighted by atomic mass is 16.2. The fourth-order valence-corrected chi connectivity index (χ4v) is 2.17. The molecule has 0 fully saturated rings. The highest BCUT2D eigenvalue weighted by Crippen LogP contribution is 2.04. The molecule has 0 heterocycles. The maximum Gasteiger partial charge on any atom is 0.236 e. The van der Waals surface area contributed by atoms with E-state index in [1.165, 1.54) is 0 Å². The molecule has 0 aromatic rings. The summed E-state index contributed by atoms with van der Waals surface area (Å²) in [6, 6.07) is 0.606. The van der Waals surface area contributed by atoms with E-state index in [9.17, 15) is 4.79 Å². The summed E-state index contributed by atoms with van der Waals surface area (Å²) >= 11 is 0. The first kappa shape index (κ1) is 17.4. The van der Waals surface area contributed by atoms with Crippen LogP contribution >= 0.6 is 0 Å². The predicted molar refractivity (Wildman–Crippen MR) is 77.4 cm³/mol. The molecule has 1 unspecified atom stereocenters. The van der Waals surface area contributed by atoms with Gasteiger partial charge >= 0.3 is 0 Å². The van der Waals surface area contributed by atoms with Crippen LogP contribution in [-0.2, 0) is 4.79 Å². The van der Waals surface area contributed by atoms with Gasteiger partial charge in [0.05, 0.1) is 6.04 Å². The SMILES string of the molecule is CC(C)CC(N)C(=O)NCCN(C(C)C)C(C)C. The molecular weight excluding hydrogens is 226 g/mol. The summed E-state index contributed by atoms with van der Waals surface area (Å²) < 4.78 is 0. The van der Waals surface area contributed by atoms with Crippen LogP contribution in [0.2, 0.25) is 0 Å². The number of nitrogens with two attached hydrogens (primary N) is 1. The van der Waals surface area contributed by atoms with Crippen LogP contribution in [0, 0.1) is 5.92 Å². The minimum absolute atomic E-state index is 0.0313. The van der Waals surface area contributed by atoms with E-state index in [4.69, 9.17) is 5.73 Å². The molecule has 0 rings (SSSR count). The number of hydrogen-bond acceptors (Lipinski definition) is 3. The van der Waals surface area contributed by atoms with Gasteiger partial charge < -0.3 is 11.1 Å². The fourth-order valence-electron chi connectivity index (χ4n) is 2.17. The van der Waals surface area contributed by atoms with E-state index in [1.54, 1.807) is 0 Å². The molecule has 0 bridgehead atoms. The Balaban J connectivity index is 3.99. The van der Waals surface area contributed by atoms with Gasteiger partial charge in [-0.05, 0) is 40.0 Å². The summed E-state index contributed by atoms with van der Waals surface area (Å²) in [6.45, 7) is 14.4. The van der Waals surface area contributed by atoms with Crippen LogP contribution in [0.4, 0.5) is 0 Å². The summed E-state index contributed by atoms with van der Waals surface area (Å²) in [5, 5.41) is 2.92. The molecule has 108 valence electrons. The Labute approximate surface area is 112 Å². The van der Waals surface area contributed by atoms with Gasteiger partial charge in [-0.25, -0.2) is 0 Å². The number of nitrogens with one attached hydrogen (secondary N) is 1. The molecule has 4 heteroatoms. The Morgan fingerprint density at radius 2 is 1.61 bits per heavy atom. The van der Waals surface area contributed by atoms with E-state index in [-0.39, 0.29) is 11.9 Å². The van der Waals surface area contributed by atoms with Crippen molar-refractivity contribution in [3.8, 4) is 0 Å². The average molecular weight is 257 g/mol. The molecule has 0 aromatic carbocycles. The van der Waals surface area contributed by atoms with Gasteiger partial charge in [0.25, 0.3) is 0 Å². The maximum absolute atomic E-state index is 11.7. The number of carbonyl (C=O) groups excluding carboxylic acids is 1. The molecule has 1 atom stereocenters. The molecule has 18 heavy (non-hydrogen) atoms. The van der Waals surface area contributed by atoms with Gasteiger partial charge in [0, 0.05) is 25.2 Å². The van der Waals surface area contributed by atoms with E-state index in [2.05, 4.69) is 51.8 Å². The van der Waals surface area contributed by atoms with Crippen LogP contribution in [0.5, 0.6) is 0 Å². The van der Waals surface area contributed by atoms with Crippen LogP contribution in [0.3, 0.4) is 0 Å². The summed E-state index contributed by atoms with van der Waals surface area (Å²) in [4.78, 5) is 14.1. The summed E-state index contributed by atoms with van der Waals surface area (Å²) in [5.74, 6) is 0.421. The molecule has 1 amide bonds. The van der Waals surface area contributed by atoms with Gasteiger partial charge in [0.2, 0.25) is 5.91 Å². The molecule has 0 aliphatic carbocycles. The molecule has 3 N–H and O–H groups in total. The molecule has 0 aliphatic heterocycles. The summed E-state index contributed by atoms with van der Waals surface area (Å²) in [6.07, 6.45) is 0.740. The quantitative estimate of drug-likeness (QED) is 0.694. The lowest BCUT2D eigenvalue weighted by Crippen LogP contribution is -2.46. The van der Waals surface area contributed by atoms with Crippen molar-refractivity contribution in [2.75, 3.05) is 13.1 Å². The van der Waals surface area contributed by atoms with Crippen LogP contribution in [0.15, 0.2) is 0 Å². The summed E-state index contributed by atoms with van der Waals surface area (Å²) in [7, 11) is 0. The lowest BCUT2D eigenvalue weighted by molar-refractivity contribution is -0.122. The first-order valence-electron chi connectivity index (χ1n) is 7.04. The first-order chi connectivity index (χ1) is 8.25. The highest BCUT2D eigenvalue weighted by molar-refractivity contribution is 5.81. The van der Waals surface area contributed by atoms with Gasteiger partial charge in [0.1, 0.15) is 0 Å². The van der Waals surface area contributed by atoms with Crippen LogP contribution in [0.1, 0.15) is 48.0 Å². The minimum atomic E-state index is -0.378. The predicted octanol–water partition coefficient (Wildman–Crippen LogP) is 1.59. The van der Waals surface area contributed by atoms with Gasteiger partial charge in [-0.1, -0.05) is 13.8 Å². The molecule has 0 spiro atoms. The Morgan fingerprint density at radius 1 is 1.11 bits per heavy atom. The van der Waals surface area contributed by atoms with Crippen molar-refractivity contribution in [3.05, 3.63) is 0 Å². The van der Waals surface area contributed by atoms with Crippen LogP contribution < -0.4 is 11.1 Å². The largest absolute Gasteiger partial charge is 0.353 e. The van der Waals surface area contributed by atoms with Gasteiger partial charge in [-0.15, -0.1) is 0 Å². The number of amides is 1. The Kier molecular flexibility index (Phi) is 8.20. The second-order valence-electron chi connectivity index (χ2n) is 5.95. The minimum Gasteiger partial charge on any atom is -0.353 e. The number of nitrogens with zero attached hydrogens (tertiary/aromatic N) is 1. The van der Waals surface area contributed by atoms with E-state index < -0.39 is 0 Å². The zero-order chi connectivity index (χ0) is 14.3. The third kappa shape index (κ3) is 6.97. The standard InChI is InChI=1S/C14H31N3O/c1-10(2)9-13(15)14(18)16-7-8-17(11(3)4)12(5)6/h10-13H,7-9,15H2,1-6H3,(H,16,18). The number of carbonyl (C=O) groups is 1. The van der Waals surface area contributed by atoms with E-state index in [0.717, 1.165) is 13.0 Å². The third-order valence-electron chi connectivity index (χ3n) is 3.06. The second-order valence-corrected chi connectivity index (χ2v) is 5.95. The van der Waals surface area contributed by atoms with Gasteiger partial charge in [0.15, 0.2) is 0 Å². The van der Waals surface area contributed by atoms with Crippen molar-refractivity contribution >= 4 is 5.91 Å². The molecule has 4 nitrogen and oxygen atoms in total. The van der Waals surface area contributed by atoms with Gasteiger partial charge in [-0.2, -0.15) is 0 Å². The van der Waals surface area contributed by atoms with Crippen LogP contribution in [0.25, 0.3) is 0 Å². The second kappa shape index (κ2) is 8.48. The van der Waals surface area contributed by atoms with Crippen molar-refractivity contribution < 1.29 is 4.79 Å². The van der Waals surface area contributed by atoms with Crippen molar-refractivity contribution in [1.82, 2.24) is 10.2 Å². The van der Waals surface area contributed by atoms with Crippen molar-refractivity contribution in [2.24, 2.45) is 11.7 Å². The highest BCUT2D eigenvalue weighted by Gasteiger charge is 2.16. The zero-order valence-electron chi connectivity index (χ0n) is 12.9. The number of hydrogen-bond donors (Lipinski definition) is 2. The lowest BCUT2D eigenvalue weighted by Gasteiger charge is -2.30. The van der Waals surface area contributed by atoms with Crippen LogP contribution in [-0.4, -0.2) is 42.0 Å². The topological polar surface area (TPSA) is 58.4 Å². The molecule has 0 aliphatic rings. The molecular formula is C14H31N3O. The van der Waals surface area contributed by atoms with Gasteiger partial charge in [-0.3, -0.25) is 9.69 Å². The van der Waals surface area contributed by atoms with E-state index in [1.807, 2.05) is 0 Å². The lowest BCUT2D eigenvalue weighted by atomic mass is 10.0. The first-order valence-corrected chi connectivity index (χ1v) is 7.04. The maximum atomic E-state index is 11.7. The Bertz CT molecular complexity index is 231. The van der Waals surface area contributed by atoms with Crippen molar-refractivity contribution in [2.45, 2.75) is 66.1 Å². The molecule has 0 aromatic heterocycles. The normalized spacial score (nSPS) is 13.7. The fraction of sp³-hybridized carbons (Fsp3) is 0.929. The van der Waals surface area contributed by atoms with E-state index in [0.29, 0.717) is 24.5 Å². The molecule has 0 radical (unpaired) electrons. The van der Waals surface area contributed by atoms with E-state index >= 15 is 0 Å². The van der Waals surface area contributed by atoms with Crippen molar-refractivity contribution in [1.29, 1.82) is 0 Å². The smallest absolute Gasteiger partial charge is 0.236 e. The average Bonchev–Trinajstić information content (AvgIpc) is 2.21.